The van der Waals surface area contributed by atoms with Gasteiger partial charge in [-0.15, -0.1) is 0 Å². The van der Waals surface area contributed by atoms with Crippen LogP contribution in [0, 0.1) is 0 Å². The molecule has 28 heavy (non-hydrogen) atoms. The average Bonchev–Trinajstić information content (AvgIpc) is 2.70. The molecule has 0 aromatic heterocycles. The molecule has 0 saturated carbocycles. The van der Waals surface area contributed by atoms with Crippen molar-refractivity contribution in [3.05, 3.63) is 24.5 Å². The van der Waals surface area contributed by atoms with Gasteiger partial charge in [0.2, 0.25) is 5.91 Å². The maximum Gasteiger partial charge on any atom is 0.223 e. The molecule has 1 rings (SSSR count). The summed E-state index contributed by atoms with van der Waals surface area (Å²) in [5.41, 5.74) is 0. The Morgan fingerprint density at radius 3 is 2.11 bits per heavy atom. The zero-order valence-corrected chi connectivity index (χ0v) is 18.5. The number of aliphatic hydroxyl groups is 1. The molecule has 162 valence electrons. The highest BCUT2D eigenvalue weighted by Crippen LogP contribution is 2.22. The fourth-order valence-electron chi connectivity index (χ4n) is 4.07. The summed E-state index contributed by atoms with van der Waals surface area (Å²) in [5, 5.41) is 9.71. The summed E-state index contributed by atoms with van der Waals surface area (Å²) < 4.78 is 0. The highest BCUT2D eigenvalue weighted by molar-refractivity contribution is 5.76. The quantitative estimate of drug-likeness (QED) is 0.168. The minimum absolute atomic E-state index is 0.149. The van der Waals surface area contributed by atoms with E-state index < -0.39 is 0 Å². The summed E-state index contributed by atoms with van der Waals surface area (Å²) in [6, 6.07) is -0.149. The van der Waals surface area contributed by atoms with Gasteiger partial charge in [-0.05, 0) is 51.4 Å². The SMILES string of the molecule is C=C(O)C1CCCCN1C(=O)CCCCCCC/C=C\CCCCCCCC. The van der Waals surface area contributed by atoms with E-state index in [2.05, 4.69) is 25.7 Å². The smallest absolute Gasteiger partial charge is 0.223 e. The van der Waals surface area contributed by atoms with E-state index >= 15 is 0 Å². The molecule has 1 amide bonds. The molecule has 1 heterocycles. The van der Waals surface area contributed by atoms with Crippen molar-refractivity contribution in [1.29, 1.82) is 0 Å². The zero-order chi connectivity index (χ0) is 20.5. The number of likely N-dealkylation sites (tertiary alicyclic amines) is 1. The van der Waals surface area contributed by atoms with Crippen LogP contribution in [0.3, 0.4) is 0 Å². The molecule has 0 aliphatic carbocycles. The lowest BCUT2D eigenvalue weighted by Gasteiger charge is -2.35. The summed E-state index contributed by atoms with van der Waals surface area (Å²) >= 11 is 0. The number of carbonyl (C=O) groups is 1. The fourth-order valence-corrected chi connectivity index (χ4v) is 4.07. The van der Waals surface area contributed by atoms with E-state index in [0.717, 1.165) is 38.6 Å². The third-order valence-corrected chi connectivity index (χ3v) is 5.86. The van der Waals surface area contributed by atoms with Crippen LogP contribution in [-0.4, -0.2) is 28.5 Å². The third-order valence-electron chi connectivity index (χ3n) is 5.86. The Kier molecular flexibility index (Phi) is 14.8. The maximum absolute atomic E-state index is 12.4. The molecular weight excluding hydrogens is 346 g/mol. The van der Waals surface area contributed by atoms with Crippen LogP contribution in [0.1, 0.15) is 116 Å². The number of piperidine rings is 1. The van der Waals surface area contributed by atoms with Crippen LogP contribution in [0.2, 0.25) is 0 Å². The normalized spacial score (nSPS) is 17.3. The van der Waals surface area contributed by atoms with Gasteiger partial charge in [0.25, 0.3) is 0 Å². The number of amides is 1. The van der Waals surface area contributed by atoms with Crippen molar-refractivity contribution in [3.63, 3.8) is 0 Å². The van der Waals surface area contributed by atoms with Gasteiger partial charge < -0.3 is 10.0 Å². The molecule has 0 radical (unpaired) electrons. The van der Waals surface area contributed by atoms with Crippen LogP contribution in [0.4, 0.5) is 0 Å². The Hall–Kier alpha value is -1.25. The molecule has 0 aromatic carbocycles. The van der Waals surface area contributed by atoms with Crippen molar-refractivity contribution < 1.29 is 9.90 Å². The second-order valence-corrected chi connectivity index (χ2v) is 8.42. The van der Waals surface area contributed by atoms with E-state index in [4.69, 9.17) is 0 Å². The predicted octanol–water partition coefficient (Wildman–Crippen LogP) is 7.48. The first-order chi connectivity index (χ1) is 13.7. The van der Waals surface area contributed by atoms with E-state index in [1.165, 1.54) is 70.6 Å². The standard InChI is InChI=1S/C25H45NO2/c1-3-4-5-6-7-8-9-10-11-12-13-14-15-16-17-21-25(28)26-22-19-18-20-24(26)23(2)27/h10-11,24,27H,2-9,12-22H2,1H3/b11-10-. The predicted molar refractivity (Wildman–Crippen MR) is 121 cm³/mol. The monoisotopic (exact) mass is 391 g/mol. The number of carbonyl (C=O) groups excluding carboxylic acids is 1. The van der Waals surface area contributed by atoms with Gasteiger partial charge in [0.1, 0.15) is 5.76 Å². The van der Waals surface area contributed by atoms with Gasteiger partial charge in [0.05, 0.1) is 6.04 Å². The lowest BCUT2D eigenvalue weighted by molar-refractivity contribution is -0.134. The Morgan fingerprint density at radius 1 is 0.929 bits per heavy atom. The van der Waals surface area contributed by atoms with Crippen molar-refractivity contribution in [1.82, 2.24) is 4.90 Å². The lowest BCUT2D eigenvalue weighted by atomic mass is 10.00. The number of allylic oxidation sites excluding steroid dienone is 2. The molecule has 3 nitrogen and oxygen atoms in total. The number of nitrogens with zero attached hydrogens (tertiary/aromatic N) is 1. The van der Waals surface area contributed by atoms with Crippen molar-refractivity contribution in [2.24, 2.45) is 0 Å². The molecule has 1 fully saturated rings. The summed E-state index contributed by atoms with van der Waals surface area (Å²) in [4.78, 5) is 14.3. The molecule has 0 spiro atoms. The molecule has 0 aromatic rings. The van der Waals surface area contributed by atoms with Gasteiger partial charge in [-0.25, -0.2) is 0 Å². The molecule has 3 heteroatoms. The van der Waals surface area contributed by atoms with E-state index in [1.54, 1.807) is 0 Å². The van der Waals surface area contributed by atoms with Crippen LogP contribution in [-0.2, 0) is 4.79 Å². The molecule has 1 atom stereocenters. The molecule has 1 aliphatic rings. The van der Waals surface area contributed by atoms with Crippen molar-refractivity contribution in [3.8, 4) is 0 Å². The average molecular weight is 392 g/mol. The minimum atomic E-state index is -0.149. The molecule has 1 N–H and O–H groups in total. The first-order valence-electron chi connectivity index (χ1n) is 12.0. The number of hydrogen-bond acceptors (Lipinski definition) is 2. The van der Waals surface area contributed by atoms with Gasteiger partial charge >= 0.3 is 0 Å². The molecule has 1 aliphatic heterocycles. The van der Waals surface area contributed by atoms with Crippen molar-refractivity contribution in [2.45, 2.75) is 122 Å². The van der Waals surface area contributed by atoms with Crippen LogP contribution < -0.4 is 0 Å². The largest absolute Gasteiger partial charge is 0.511 e. The van der Waals surface area contributed by atoms with Crippen LogP contribution in [0.5, 0.6) is 0 Å². The highest BCUT2D eigenvalue weighted by Gasteiger charge is 2.27. The molecule has 1 unspecified atom stereocenters. The number of hydrogen-bond donors (Lipinski definition) is 1. The van der Waals surface area contributed by atoms with Crippen molar-refractivity contribution in [2.75, 3.05) is 6.54 Å². The van der Waals surface area contributed by atoms with Gasteiger partial charge in [-0.2, -0.15) is 0 Å². The Bertz CT molecular complexity index is 444. The highest BCUT2D eigenvalue weighted by atomic mass is 16.3. The Morgan fingerprint density at radius 2 is 1.50 bits per heavy atom. The number of aliphatic hydroxyl groups excluding tert-OH is 1. The summed E-state index contributed by atoms with van der Waals surface area (Å²) in [5.74, 6) is 0.343. The topological polar surface area (TPSA) is 40.5 Å². The van der Waals surface area contributed by atoms with Gasteiger partial charge in [-0.1, -0.05) is 77.0 Å². The fraction of sp³-hybridized carbons (Fsp3) is 0.800. The Balaban J connectivity index is 1.94. The van der Waals surface area contributed by atoms with E-state index in [-0.39, 0.29) is 17.7 Å². The van der Waals surface area contributed by atoms with Gasteiger partial charge in [0.15, 0.2) is 0 Å². The van der Waals surface area contributed by atoms with Crippen LogP contribution in [0.25, 0.3) is 0 Å². The lowest BCUT2D eigenvalue weighted by Crippen LogP contribution is -2.44. The maximum atomic E-state index is 12.4. The Labute approximate surface area is 174 Å². The van der Waals surface area contributed by atoms with Crippen molar-refractivity contribution >= 4 is 5.91 Å². The summed E-state index contributed by atoms with van der Waals surface area (Å²) in [6.45, 7) is 6.68. The zero-order valence-electron chi connectivity index (χ0n) is 18.5. The first-order valence-corrected chi connectivity index (χ1v) is 12.0. The van der Waals surface area contributed by atoms with Crippen LogP contribution in [0.15, 0.2) is 24.5 Å². The van der Waals surface area contributed by atoms with E-state index in [9.17, 15) is 9.90 Å². The minimum Gasteiger partial charge on any atom is -0.511 e. The summed E-state index contributed by atoms with van der Waals surface area (Å²) in [7, 11) is 0. The summed E-state index contributed by atoms with van der Waals surface area (Å²) in [6.07, 6.45) is 24.8. The second-order valence-electron chi connectivity index (χ2n) is 8.42. The molecular formula is C25H45NO2. The van der Waals surface area contributed by atoms with Gasteiger partial charge in [-0.3, -0.25) is 4.79 Å². The molecule has 0 bridgehead atoms. The van der Waals surface area contributed by atoms with E-state index in [0.29, 0.717) is 6.42 Å². The van der Waals surface area contributed by atoms with Crippen LogP contribution >= 0.6 is 0 Å². The van der Waals surface area contributed by atoms with E-state index in [1.807, 2.05) is 4.90 Å². The van der Waals surface area contributed by atoms with Gasteiger partial charge in [0, 0.05) is 13.0 Å². The number of unbranched alkanes of at least 4 members (excludes halogenated alkanes) is 11. The second kappa shape index (κ2) is 16.7. The third kappa shape index (κ3) is 11.6. The number of rotatable bonds is 16. The first kappa shape index (κ1) is 24.8. The molecule has 1 saturated heterocycles.